The lowest BCUT2D eigenvalue weighted by Crippen LogP contribution is -2.34. The van der Waals surface area contributed by atoms with E-state index in [1.54, 1.807) is 24.3 Å². The van der Waals surface area contributed by atoms with Gasteiger partial charge in [-0.1, -0.05) is 24.3 Å². The lowest BCUT2D eigenvalue weighted by Gasteiger charge is -2.32. The van der Waals surface area contributed by atoms with Gasteiger partial charge in [0.05, 0.1) is 0 Å². The molecule has 2 unspecified atom stereocenters. The normalized spacial score (nSPS) is 23.3. The largest absolute Gasteiger partial charge is 0.306 e. The number of piperidine rings is 1. The topological polar surface area (TPSA) is 20.3 Å². The monoisotopic (exact) mass is 235 g/mol. The molecule has 1 saturated heterocycles. The Morgan fingerprint density at radius 3 is 2.94 bits per heavy atom. The van der Waals surface area contributed by atoms with Gasteiger partial charge in [0, 0.05) is 18.0 Å². The van der Waals surface area contributed by atoms with Crippen molar-refractivity contribution in [2.24, 2.45) is 5.92 Å². The second-order valence-electron chi connectivity index (χ2n) is 4.81. The number of likely N-dealkylation sites (tertiary alicyclic amines) is 1. The summed E-state index contributed by atoms with van der Waals surface area (Å²) in [6, 6.07) is 6.97. The Morgan fingerprint density at radius 1 is 1.47 bits per heavy atom. The Hall–Kier alpha value is -1.22. The SMILES string of the molecule is CN1CCCC(C(F)c2ccccc2C=O)C1. The molecular formula is C14H18FNO. The van der Waals surface area contributed by atoms with Gasteiger partial charge in [-0.3, -0.25) is 4.79 Å². The van der Waals surface area contributed by atoms with E-state index >= 15 is 0 Å². The summed E-state index contributed by atoms with van der Waals surface area (Å²) in [7, 11) is 2.02. The molecule has 1 heterocycles. The molecule has 1 aromatic carbocycles. The van der Waals surface area contributed by atoms with Crippen LogP contribution >= 0.6 is 0 Å². The fraction of sp³-hybridized carbons (Fsp3) is 0.500. The molecule has 2 rings (SSSR count). The van der Waals surface area contributed by atoms with Gasteiger partial charge in [-0.2, -0.15) is 0 Å². The summed E-state index contributed by atoms with van der Waals surface area (Å²) in [5, 5.41) is 0. The maximum Gasteiger partial charge on any atom is 0.150 e. The second-order valence-corrected chi connectivity index (χ2v) is 4.81. The fourth-order valence-corrected chi connectivity index (χ4v) is 2.57. The quantitative estimate of drug-likeness (QED) is 0.751. The van der Waals surface area contributed by atoms with Crippen molar-refractivity contribution >= 4 is 6.29 Å². The van der Waals surface area contributed by atoms with Gasteiger partial charge in [0.15, 0.2) is 0 Å². The number of hydrogen-bond acceptors (Lipinski definition) is 2. The van der Waals surface area contributed by atoms with E-state index in [-0.39, 0.29) is 5.92 Å². The van der Waals surface area contributed by atoms with Crippen LogP contribution in [0.3, 0.4) is 0 Å². The molecule has 0 aliphatic carbocycles. The zero-order chi connectivity index (χ0) is 12.3. The van der Waals surface area contributed by atoms with Crippen LogP contribution in [-0.2, 0) is 0 Å². The fourth-order valence-electron chi connectivity index (χ4n) is 2.57. The Kier molecular flexibility index (Phi) is 3.89. The molecule has 1 aromatic rings. The van der Waals surface area contributed by atoms with Crippen molar-refractivity contribution in [2.75, 3.05) is 20.1 Å². The molecule has 2 nitrogen and oxygen atoms in total. The third-order valence-electron chi connectivity index (χ3n) is 3.49. The summed E-state index contributed by atoms with van der Waals surface area (Å²) in [5.74, 6) is 0.00912. The molecule has 0 saturated carbocycles. The molecule has 0 aromatic heterocycles. The van der Waals surface area contributed by atoms with Gasteiger partial charge < -0.3 is 4.90 Å². The first-order chi connectivity index (χ1) is 8.22. The maximum absolute atomic E-state index is 14.5. The molecule has 0 N–H and O–H groups in total. The number of carbonyl (C=O) groups excluding carboxylic acids is 1. The summed E-state index contributed by atoms with van der Waals surface area (Å²) in [6.07, 6.45) is 1.65. The number of nitrogens with zero attached hydrogens (tertiary/aromatic N) is 1. The van der Waals surface area contributed by atoms with Crippen LogP contribution in [-0.4, -0.2) is 31.3 Å². The number of alkyl halides is 1. The predicted octanol–water partition coefficient (Wildman–Crippen LogP) is 2.85. The van der Waals surface area contributed by atoms with Crippen LogP contribution in [0.2, 0.25) is 0 Å². The highest BCUT2D eigenvalue weighted by atomic mass is 19.1. The van der Waals surface area contributed by atoms with E-state index in [0.717, 1.165) is 32.2 Å². The van der Waals surface area contributed by atoms with Crippen molar-refractivity contribution in [1.29, 1.82) is 0 Å². The number of carbonyl (C=O) groups is 1. The summed E-state index contributed by atoms with van der Waals surface area (Å²) >= 11 is 0. The van der Waals surface area contributed by atoms with E-state index in [0.29, 0.717) is 11.1 Å². The maximum atomic E-state index is 14.5. The van der Waals surface area contributed by atoms with Crippen LogP contribution in [0.25, 0.3) is 0 Å². The number of rotatable bonds is 3. The first kappa shape index (κ1) is 12.2. The highest BCUT2D eigenvalue weighted by Gasteiger charge is 2.28. The predicted molar refractivity (Wildman–Crippen MR) is 65.9 cm³/mol. The highest BCUT2D eigenvalue weighted by Crippen LogP contribution is 2.33. The molecule has 1 aliphatic heterocycles. The van der Waals surface area contributed by atoms with E-state index in [1.165, 1.54) is 0 Å². The Balaban J connectivity index is 2.18. The molecule has 3 heteroatoms. The third kappa shape index (κ3) is 2.72. The van der Waals surface area contributed by atoms with E-state index < -0.39 is 6.17 Å². The van der Waals surface area contributed by atoms with Crippen LogP contribution in [0.5, 0.6) is 0 Å². The third-order valence-corrected chi connectivity index (χ3v) is 3.49. The summed E-state index contributed by atoms with van der Waals surface area (Å²) in [4.78, 5) is 13.1. The average molecular weight is 235 g/mol. The lowest BCUT2D eigenvalue weighted by atomic mass is 9.88. The van der Waals surface area contributed by atoms with Gasteiger partial charge in [0.2, 0.25) is 0 Å². The summed E-state index contributed by atoms with van der Waals surface area (Å²) < 4.78 is 14.5. The van der Waals surface area contributed by atoms with E-state index in [4.69, 9.17) is 0 Å². The van der Waals surface area contributed by atoms with Crippen LogP contribution in [0, 0.1) is 5.92 Å². The molecule has 1 fully saturated rings. The number of hydrogen-bond donors (Lipinski definition) is 0. The van der Waals surface area contributed by atoms with Crippen LogP contribution < -0.4 is 0 Å². The van der Waals surface area contributed by atoms with Crippen molar-refractivity contribution < 1.29 is 9.18 Å². The van der Waals surface area contributed by atoms with Crippen molar-refractivity contribution in [3.8, 4) is 0 Å². The van der Waals surface area contributed by atoms with E-state index in [9.17, 15) is 9.18 Å². The van der Waals surface area contributed by atoms with Crippen molar-refractivity contribution in [2.45, 2.75) is 19.0 Å². The molecule has 1 aliphatic rings. The summed E-state index contributed by atoms with van der Waals surface area (Å²) in [5.41, 5.74) is 1.02. The number of aldehydes is 1. The number of benzene rings is 1. The minimum atomic E-state index is -1.03. The van der Waals surface area contributed by atoms with Crippen LogP contribution in [0.15, 0.2) is 24.3 Å². The van der Waals surface area contributed by atoms with Crippen molar-refractivity contribution in [3.05, 3.63) is 35.4 Å². The smallest absolute Gasteiger partial charge is 0.150 e. The lowest BCUT2D eigenvalue weighted by molar-refractivity contribution is 0.110. The van der Waals surface area contributed by atoms with Crippen LogP contribution in [0.4, 0.5) is 4.39 Å². The molecule has 17 heavy (non-hydrogen) atoms. The first-order valence-electron chi connectivity index (χ1n) is 6.09. The van der Waals surface area contributed by atoms with Crippen LogP contribution in [0.1, 0.15) is 34.9 Å². The Morgan fingerprint density at radius 2 is 2.24 bits per heavy atom. The second kappa shape index (κ2) is 5.41. The Labute approximate surface area is 101 Å². The number of halogens is 1. The van der Waals surface area contributed by atoms with Crippen molar-refractivity contribution in [3.63, 3.8) is 0 Å². The molecular weight excluding hydrogens is 217 g/mol. The molecule has 0 spiro atoms. The first-order valence-corrected chi connectivity index (χ1v) is 6.09. The molecule has 0 radical (unpaired) electrons. The van der Waals surface area contributed by atoms with Gasteiger partial charge >= 0.3 is 0 Å². The molecule has 0 amide bonds. The zero-order valence-corrected chi connectivity index (χ0v) is 10.1. The molecule has 2 atom stereocenters. The van der Waals surface area contributed by atoms with Gasteiger partial charge in [-0.25, -0.2) is 4.39 Å². The minimum Gasteiger partial charge on any atom is -0.306 e. The van der Waals surface area contributed by atoms with E-state index in [1.807, 2.05) is 7.05 Å². The van der Waals surface area contributed by atoms with Gasteiger partial charge in [0.25, 0.3) is 0 Å². The van der Waals surface area contributed by atoms with Gasteiger partial charge in [-0.15, -0.1) is 0 Å². The van der Waals surface area contributed by atoms with Gasteiger partial charge in [0.1, 0.15) is 12.5 Å². The van der Waals surface area contributed by atoms with Gasteiger partial charge in [-0.05, 0) is 32.0 Å². The van der Waals surface area contributed by atoms with Crippen molar-refractivity contribution in [1.82, 2.24) is 4.90 Å². The highest BCUT2D eigenvalue weighted by molar-refractivity contribution is 5.77. The standard InChI is InChI=1S/C14H18FNO/c1-16-8-4-6-11(9-16)14(15)13-7-3-2-5-12(13)10-17/h2-3,5,7,10-11,14H,4,6,8-9H2,1H3. The average Bonchev–Trinajstić information content (AvgIpc) is 2.38. The molecule has 0 bridgehead atoms. The zero-order valence-electron chi connectivity index (χ0n) is 10.1. The molecule has 92 valence electrons. The Bertz CT molecular complexity index is 394. The van der Waals surface area contributed by atoms with E-state index in [2.05, 4.69) is 4.90 Å². The minimum absolute atomic E-state index is 0.00912. The summed E-state index contributed by atoms with van der Waals surface area (Å²) in [6.45, 7) is 1.81.